The highest BCUT2D eigenvalue weighted by Crippen LogP contribution is 2.14. The van der Waals surface area contributed by atoms with E-state index in [1.54, 1.807) is 0 Å². The summed E-state index contributed by atoms with van der Waals surface area (Å²) in [5.74, 6) is 0. The first-order valence-electron chi connectivity index (χ1n) is 8.17. The fourth-order valence-electron chi connectivity index (χ4n) is 2.86. The second-order valence-corrected chi connectivity index (χ2v) is 5.76. The Morgan fingerprint density at radius 1 is 0.824 bits per heavy atom. The van der Waals surface area contributed by atoms with Crippen LogP contribution in [0, 0.1) is 0 Å². The highest BCUT2D eigenvalue weighted by molar-refractivity contribution is 4.67. The van der Waals surface area contributed by atoms with E-state index >= 15 is 0 Å². The molecule has 0 aromatic rings. The third kappa shape index (κ3) is 8.65. The van der Waals surface area contributed by atoms with Gasteiger partial charge in [0.15, 0.2) is 0 Å². The van der Waals surface area contributed by atoms with Gasteiger partial charge in [0.2, 0.25) is 0 Å². The molecule has 1 rings (SSSR count). The Bertz CT molecular complexity index is 142. The van der Waals surface area contributed by atoms with E-state index < -0.39 is 0 Å². The Morgan fingerprint density at radius 2 is 1.41 bits per heavy atom. The molecule has 0 bridgehead atoms. The van der Waals surface area contributed by atoms with E-state index in [0.29, 0.717) is 0 Å². The van der Waals surface area contributed by atoms with Gasteiger partial charge in [0.1, 0.15) is 0 Å². The molecular formula is C16H33N. The highest BCUT2D eigenvalue weighted by atomic mass is 14.9. The van der Waals surface area contributed by atoms with Crippen LogP contribution >= 0.6 is 0 Å². The Morgan fingerprint density at radius 3 is 2.06 bits per heavy atom. The SMILES string of the molecule is CCCCC1CCCCCCCCCCCN1. The Kier molecular flexibility index (Phi) is 9.78. The number of nitrogens with one attached hydrogen (secondary N) is 1. The van der Waals surface area contributed by atoms with Crippen LogP contribution in [0.3, 0.4) is 0 Å². The van der Waals surface area contributed by atoms with Gasteiger partial charge in [0, 0.05) is 6.04 Å². The minimum atomic E-state index is 0.815. The molecule has 1 aliphatic rings. The van der Waals surface area contributed by atoms with E-state index in [0.717, 1.165) is 6.04 Å². The minimum absolute atomic E-state index is 0.815. The fourth-order valence-corrected chi connectivity index (χ4v) is 2.86. The molecule has 0 radical (unpaired) electrons. The molecule has 0 saturated carbocycles. The number of unbranched alkanes of at least 4 members (excludes halogenated alkanes) is 1. The molecule has 0 aliphatic carbocycles. The molecule has 102 valence electrons. The zero-order chi connectivity index (χ0) is 12.2. The standard InChI is InChI=1S/C16H33N/c1-2-3-13-16-14-11-9-7-5-4-6-8-10-12-15-17-16/h16-17H,2-15H2,1H3. The zero-order valence-corrected chi connectivity index (χ0v) is 12.0. The van der Waals surface area contributed by atoms with E-state index in [9.17, 15) is 0 Å². The van der Waals surface area contributed by atoms with Crippen molar-refractivity contribution in [1.29, 1.82) is 0 Å². The van der Waals surface area contributed by atoms with Crippen LogP contribution in [0.25, 0.3) is 0 Å². The molecule has 1 heteroatoms. The lowest BCUT2D eigenvalue weighted by Gasteiger charge is -2.18. The first-order chi connectivity index (χ1) is 8.43. The molecule has 0 aromatic heterocycles. The van der Waals surface area contributed by atoms with Crippen molar-refractivity contribution in [3.63, 3.8) is 0 Å². The second-order valence-electron chi connectivity index (χ2n) is 5.76. The van der Waals surface area contributed by atoms with Crippen molar-refractivity contribution >= 4 is 0 Å². The molecule has 0 spiro atoms. The smallest absolute Gasteiger partial charge is 0.00670 e. The van der Waals surface area contributed by atoms with Gasteiger partial charge in [-0.3, -0.25) is 0 Å². The van der Waals surface area contributed by atoms with Crippen molar-refractivity contribution in [3.05, 3.63) is 0 Å². The molecule has 1 nitrogen and oxygen atoms in total. The van der Waals surface area contributed by atoms with Gasteiger partial charge >= 0.3 is 0 Å². The van der Waals surface area contributed by atoms with E-state index in [2.05, 4.69) is 12.2 Å². The van der Waals surface area contributed by atoms with Crippen molar-refractivity contribution in [2.45, 2.75) is 96.4 Å². The molecule has 1 aliphatic heterocycles. The summed E-state index contributed by atoms with van der Waals surface area (Å²) in [6.45, 7) is 3.56. The molecular weight excluding hydrogens is 206 g/mol. The quantitative estimate of drug-likeness (QED) is 0.726. The van der Waals surface area contributed by atoms with Crippen molar-refractivity contribution < 1.29 is 0 Å². The van der Waals surface area contributed by atoms with E-state index in [4.69, 9.17) is 0 Å². The maximum atomic E-state index is 3.79. The predicted octanol–water partition coefficient (Wildman–Crippen LogP) is 5.05. The second kappa shape index (κ2) is 11.1. The van der Waals surface area contributed by atoms with Crippen molar-refractivity contribution in [3.8, 4) is 0 Å². The lowest BCUT2D eigenvalue weighted by molar-refractivity contribution is 0.417. The van der Waals surface area contributed by atoms with Crippen LogP contribution in [-0.4, -0.2) is 12.6 Å². The fraction of sp³-hybridized carbons (Fsp3) is 1.00. The summed E-state index contributed by atoms with van der Waals surface area (Å²) in [5.41, 5.74) is 0. The first kappa shape index (κ1) is 15.0. The van der Waals surface area contributed by atoms with Gasteiger partial charge in [-0.05, 0) is 25.8 Å². The molecule has 1 fully saturated rings. The average Bonchev–Trinajstić information content (AvgIpc) is 2.37. The monoisotopic (exact) mass is 239 g/mol. The van der Waals surface area contributed by atoms with Gasteiger partial charge in [-0.25, -0.2) is 0 Å². The molecule has 1 atom stereocenters. The average molecular weight is 239 g/mol. The van der Waals surface area contributed by atoms with Crippen LogP contribution in [0.5, 0.6) is 0 Å². The van der Waals surface area contributed by atoms with Crippen LogP contribution < -0.4 is 5.32 Å². The lowest BCUT2D eigenvalue weighted by atomic mass is 10.0. The molecule has 17 heavy (non-hydrogen) atoms. The topological polar surface area (TPSA) is 12.0 Å². The van der Waals surface area contributed by atoms with Crippen LogP contribution in [0.4, 0.5) is 0 Å². The molecule has 1 heterocycles. The number of hydrogen-bond acceptors (Lipinski definition) is 1. The maximum absolute atomic E-state index is 3.79. The third-order valence-corrected chi connectivity index (χ3v) is 4.07. The third-order valence-electron chi connectivity index (χ3n) is 4.07. The normalized spacial score (nSPS) is 25.6. The van der Waals surface area contributed by atoms with Gasteiger partial charge in [-0.15, -0.1) is 0 Å². The molecule has 1 N–H and O–H groups in total. The van der Waals surface area contributed by atoms with Gasteiger partial charge < -0.3 is 5.32 Å². The number of rotatable bonds is 3. The van der Waals surface area contributed by atoms with E-state index in [-0.39, 0.29) is 0 Å². The molecule has 0 aromatic carbocycles. The molecule has 0 amide bonds. The Hall–Kier alpha value is -0.0400. The summed E-state index contributed by atoms with van der Waals surface area (Å²) in [6, 6.07) is 0.815. The van der Waals surface area contributed by atoms with Gasteiger partial charge in [-0.2, -0.15) is 0 Å². The van der Waals surface area contributed by atoms with Gasteiger partial charge in [-0.1, -0.05) is 71.1 Å². The predicted molar refractivity (Wildman–Crippen MR) is 77.5 cm³/mol. The highest BCUT2D eigenvalue weighted by Gasteiger charge is 2.07. The summed E-state index contributed by atoms with van der Waals surface area (Å²) in [4.78, 5) is 0. The summed E-state index contributed by atoms with van der Waals surface area (Å²) < 4.78 is 0. The van der Waals surface area contributed by atoms with Gasteiger partial charge in [0.25, 0.3) is 0 Å². The van der Waals surface area contributed by atoms with E-state index in [1.807, 2.05) is 0 Å². The summed E-state index contributed by atoms with van der Waals surface area (Å²) in [7, 11) is 0. The molecule has 1 saturated heterocycles. The van der Waals surface area contributed by atoms with Crippen LogP contribution in [0.15, 0.2) is 0 Å². The van der Waals surface area contributed by atoms with Crippen molar-refractivity contribution in [1.82, 2.24) is 5.32 Å². The lowest BCUT2D eigenvalue weighted by Crippen LogP contribution is -2.30. The molecule has 1 unspecified atom stereocenters. The van der Waals surface area contributed by atoms with Crippen molar-refractivity contribution in [2.75, 3.05) is 6.54 Å². The number of hydrogen-bond donors (Lipinski definition) is 1. The minimum Gasteiger partial charge on any atom is -0.314 e. The summed E-state index contributed by atoms with van der Waals surface area (Å²) in [5, 5.41) is 3.79. The zero-order valence-electron chi connectivity index (χ0n) is 12.0. The van der Waals surface area contributed by atoms with Crippen LogP contribution in [-0.2, 0) is 0 Å². The first-order valence-corrected chi connectivity index (χ1v) is 8.17. The Labute approximate surface area is 109 Å². The van der Waals surface area contributed by atoms with Gasteiger partial charge in [0.05, 0.1) is 0 Å². The Balaban J connectivity index is 2.20. The summed E-state index contributed by atoms with van der Waals surface area (Å²) >= 11 is 0. The van der Waals surface area contributed by atoms with Crippen LogP contribution in [0.2, 0.25) is 0 Å². The maximum Gasteiger partial charge on any atom is 0.00670 e. The van der Waals surface area contributed by atoms with Crippen molar-refractivity contribution in [2.24, 2.45) is 0 Å². The largest absolute Gasteiger partial charge is 0.314 e. The van der Waals surface area contributed by atoms with Crippen LogP contribution in [0.1, 0.15) is 90.4 Å². The van der Waals surface area contributed by atoms with E-state index in [1.165, 1.54) is 90.0 Å². The summed E-state index contributed by atoms with van der Waals surface area (Å²) in [6.07, 6.45) is 18.7.